The van der Waals surface area contributed by atoms with Crippen molar-refractivity contribution in [3.8, 4) is 5.75 Å². The van der Waals surface area contributed by atoms with Gasteiger partial charge < -0.3 is 10.5 Å². The van der Waals surface area contributed by atoms with E-state index in [0.717, 1.165) is 15.6 Å². The minimum Gasteiger partial charge on any atom is -0.496 e. The summed E-state index contributed by atoms with van der Waals surface area (Å²) in [5.74, 6) is 0.260. The van der Waals surface area contributed by atoms with Crippen molar-refractivity contribution in [3.05, 3.63) is 63.4 Å². The van der Waals surface area contributed by atoms with Crippen LogP contribution in [0.15, 0.2) is 40.9 Å². The van der Waals surface area contributed by atoms with Crippen molar-refractivity contribution < 1.29 is 9.13 Å². The lowest BCUT2D eigenvalue weighted by Crippen LogP contribution is -2.14. The minimum absolute atomic E-state index is 0.325. The molecule has 100 valence electrons. The molecule has 2 nitrogen and oxygen atoms in total. The Morgan fingerprint density at radius 3 is 2.53 bits per heavy atom. The molecule has 2 N–H and O–H groups in total. The van der Waals surface area contributed by atoms with Crippen LogP contribution in [-0.4, -0.2) is 7.11 Å². The molecule has 0 aromatic heterocycles. The fourth-order valence-corrected chi connectivity index (χ4v) is 2.74. The van der Waals surface area contributed by atoms with Crippen LogP contribution < -0.4 is 10.5 Å². The summed E-state index contributed by atoms with van der Waals surface area (Å²) in [7, 11) is 1.55. The van der Waals surface area contributed by atoms with Crippen LogP contribution in [0.5, 0.6) is 5.75 Å². The van der Waals surface area contributed by atoms with Gasteiger partial charge in [0.1, 0.15) is 11.6 Å². The maximum absolute atomic E-state index is 13.4. The number of nitrogens with two attached hydrogens (primary N) is 1. The largest absolute Gasteiger partial charge is 0.496 e. The van der Waals surface area contributed by atoms with Gasteiger partial charge >= 0.3 is 0 Å². The predicted molar refractivity (Wildman–Crippen MR) is 77.9 cm³/mol. The minimum atomic E-state index is -0.444. The Kier molecular flexibility index (Phi) is 4.22. The summed E-state index contributed by atoms with van der Waals surface area (Å²) in [6, 6.07) is 9.82. The number of hydrogen-bond acceptors (Lipinski definition) is 2. The Morgan fingerprint density at radius 1 is 1.16 bits per heavy atom. The predicted octanol–water partition coefficient (Wildman–Crippen LogP) is 3.95. The Morgan fingerprint density at radius 2 is 1.89 bits per heavy atom. The van der Waals surface area contributed by atoms with Gasteiger partial charge in [0.05, 0.1) is 13.2 Å². The van der Waals surface area contributed by atoms with Gasteiger partial charge in [-0.05, 0) is 42.3 Å². The molecule has 2 rings (SSSR count). The fraction of sp³-hybridized carbons (Fsp3) is 0.200. The number of benzene rings is 2. The lowest BCUT2D eigenvalue weighted by molar-refractivity contribution is 0.406. The van der Waals surface area contributed by atoms with Crippen LogP contribution in [0, 0.1) is 12.7 Å². The molecule has 0 fully saturated rings. The van der Waals surface area contributed by atoms with Crippen molar-refractivity contribution in [1.29, 1.82) is 0 Å². The van der Waals surface area contributed by atoms with Crippen LogP contribution in [0.1, 0.15) is 22.7 Å². The smallest absolute Gasteiger partial charge is 0.124 e. The molecule has 2 aromatic rings. The van der Waals surface area contributed by atoms with Gasteiger partial charge in [-0.3, -0.25) is 0 Å². The molecule has 19 heavy (non-hydrogen) atoms. The molecular weight excluding hydrogens is 309 g/mol. The van der Waals surface area contributed by atoms with E-state index in [4.69, 9.17) is 10.5 Å². The lowest BCUT2D eigenvalue weighted by Gasteiger charge is -2.18. The van der Waals surface area contributed by atoms with Gasteiger partial charge in [0, 0.05) is 10.0 Å². The second-order valence-corrected chi connectivity index (χ2v) is 5.24. The molecule has 0 saturated carbocycles. The molecule has 0 amide bonds. The maximum Gasteiger partial charge on any atom is 0.124 e. The van der Waals surface area contributed by atoms with Crippen molar-refractivity contribution in [1.82, 2.24) is 0 Å². The van der Waals surface area contributed by atoms with E-state index < -0.39 is 6.04 Å². The number of hydrogen-bond donors (Lipinski definition) is 1. The van der Waals surface area contributed by atoms with E-state index in [2.05, 4.69) is 15.9 Å². The molecule has 0 aliphatic heterocycles. The van der Waals surface area contributed by atoms with E-state index in [9.17, 15) is 4.39 Å². The molecular formula is C15H15BrFNO. The summed E-state index contributed by atoms with van der Waals surface area (Å²) in [4.78, 5) is 0. The van der Waals surface area contributed by atoms with Crippen LogP contribution in [0.25, 0.3) is 0 Å². The van der Waals surface area contributed by atoms with Crippen LogP contribution >= 0.6 is 15.9 Å². The van der Waals surface area contributed by atoms with Crippen molar-refractivity contribution in [2.24, 2.45) is 5.73 Å². The topological polar surface area (TPSA) is 35.2 Å². The summed E-state index contributed by atoms with van der Waals surface area (Å²) >= 11 is 3.50. The molecule has 0 radical (unpaired) electrons. The van der Waals surface area contributed by atoms with Gasteiger partial charge in [-0.2, -0.15) is 0 Å². The molecule has 0 spiro atoms. The Labute approximate surface area is 120 Å². The Hall–Kier alpha value is -1.39. The van der Waals surface area contributed by atoms with Gasteiger partial charge in [0.15, 0.2) is 0 Å². The zero-order valence-corrected chi connectivity index (χ0v) is 12.4. The maximum atomic E-state index is 13.4. The van der Waals surface area contributed by atoms with Crippen LogP contribution in [0.2, 0.25) is 0 Å². The zero-order chi connectivity index (χ0) is 14.0. The quantitative estimate of drug-likeness (QED) is 0.928. The van der Waals surface area contributed by atoms with E-state index in [1.807, 2.05) is 25.1 Å². The highest BCUT2D eigenvalue weighted by molar-refractivity contribution is 9.10. The fourth-order valence-electron chi connectivity index (χ4n) is 2.00. The summed E-state index contributed by atoms with van der Waals surface area (Å²) in [5, 5.41) is 0. The highest BCUT2D eigenvalue weighted by Gasteiger charge is 2.17. The summed E-state index contributed by atoms with van der Waals surface area (Å²) in [6.07, 6.45) is 0. The van der Waals surface area contributed by atoms with Crippen LogP contribution in [-0.2, 0) is 0 Å². The van der Waals surface area contributed by atoms with Gasteiger partial charge in [-0.25, -0.2) is 4.39 Å². The second-order valence-electron chi connectivity index (χ2n) is 4.39. The van der Waals surface area contributed by atoms with Gasteiger partial charge in [0.2, 0.25) is 0 Å². The molecule has 0 heterocycles. The number of rotatable bonds is 3. The molecule has 0 bridgehead atoms. The first-order chi connectivity index (χ1) is 9.02. The highest BCUT2D eigenvalue weighted by Crippen LogP contribution is 2.32. The molecule has 1 atom stereocenters. The molecule has 0 aliphatic carbocycles. The normalized spacial score (nSPS) is 12.3. The molecule has 2 aromatic carbocycles. The van der Waals surface area contributed by atoms with E-state index in [1.165, 1.54) is 12.1 Å². The second kappa shape index (κ2) is 5.72. The number of halogens is 2. The monoisotopic (exact) mass is 323 g/mol. The number of ether oxygens (including phenoxy) is 1. The summed E-state index contributed by atoms with van der Waals surface area (Å²) in [6.45, 7) is 2.00. The van der Waals surface area contributed by atoms with E-state index in [0.29, 0.717) is 11.3 Å². The highest BCUT2D eigenvalue weighted by atomic mass is 79.9. The third-order valence-electron chi connectivity index (χ3n) is 3.02. The first-order valence-corrected chi connectivity index (χ1v) is 6.67. The van der Waals surface area contributed by atoms with Crippen molar-refractivity contribution in [2.75, 3.05) is 7.11 Å². The molecule has 0 saturated heterocycles. The Bertz CT molecular complexity index is 601. The zero-order valence-electron chi connectivity index (χ0n) is 10.8. The molecule has 4 heteroatoms. The first kappa shape index (κ1) is 14.0. The van der Waals surface area contributed by atoms with Crippen LogP contribution in [0.3, 0.4) is 0 Å². The van der Waals surface area contributed by atoms with Gasteiger partial charge in [0.25, 0.3) is 0 Å². The van der Waals surface area contributed by atoms with Crippen molar-refractivity contribution in [3.63, 3.8) is 0 Å². The number of aryl methyl sites for hydroxylation is 1. The first-order valence-electron chi connectivity index (χ1n) is 5.88. The average Bonchev–Trinajstić information content (AvgIpc) is 2.38. The van der Waals surface area contributed by atoms with E-state index in [-0.39, 0.29) is 5.82 Å². The number of methoxy groups -OCH3 is 1. The van der Waals surface area contributed by atoms with Gasteiger partial charge in [-0.1, -0.05) is 28.1 Å². The molecule has 0 aliphatic rings. The van der Waals surface area contributed by atoms with E-state index in [1.54, 1.807) is 13.2 Å². The third-order valence-corrected chi connectivity index (χ3v) is 3.70. The summed E-state index contributed by atoms with van der Waals surface area (Å²) < 4.78 is 19.6. The SMILES string of the molecule is COc1ccc(F)cc1C(N)c1ccc(C)cc1Br. The van der Waals surface area contributed by atoms with E-state index >= 15 is 0 Å². The summed E-state index contributed by atoms with van der Waals surface area (Å²) in [5.41, 5.74) is 8.90. The molecule has 1 unspecified atom stereocenters. The lowest BCUT2D eigenvalue weighted by atomic mass is 9.98. The standard InChI is InChI=1S/C15H15BrFNO/c1-9-3-5-11(13(16)7-9)15(18)12-8-10(17)4-6-14(12)19-2/h3-8,15H,18H2,1-2H3. The van der Waals surface area contributed by atoms with Gasteiger partial charge in [-0.15, -0.1) is 0 Å². The van der Waals surface area contributed by atoms with Crippen LogP contribution in [0.4, 0.5) is 4.39 Å². The Balaban J connectivity index is 2.49. The average molecular weight is 324 g/mol. The van der Waals surface area contributed by atoms with Crippen molar-refractivity contribution in [2.45, 2.75) is 13.0 Å². The van der Waals surface area contributed by atoms with Crippen molar-refractivity contribution >= 4 is 15.9 Å². The third kappa shape index (κ3) is 2.96.